The zero-order chi connectivity index (χ0) is 12.7. The van der Waals surface area contributed by atoms with E-state index in [9.17, 15) is 8.78 Å². The largest absolute Gasteiger partial charge is 0.310 e. The number of rotatable bonds is 7. The van der Waals surface area contributed by atoms with Crippen molar-refractivity contribution in [2.75, 3.05) is 6.54 Å². The van der Waals surface area contributed by atoms with Crippen molar-refractivity contribution in [2.24, 2.45) is 0 Å². The minimum absolute atomic E-state index is 0.0618. The number of unbranched alkanes of at least 4 members (excludes halogenated alkanes) is 3. The van der Waals surface area contributed by atoms with Crippen molar-refractivity contribution in [1.82, 2.24) is 5.32 Å². The molecule has 0 aliphatic heterocycles. The van der Waals surface area contributed by atoms with E-state index in [2.05, 4.69) is 12.2 Å². The van der Waals surface area contributed by atoms with E-state index in [0.29, 0.717) is 0 Å². The van der Waals surface area contributed by atoms with Gasteiger partial charge in [0.25, 0.3) is 0 Å². The monoisotopic (exact) mass is 241 g/mol. The van der Waals surface area contributed by atoms with Gasteiger partial charge in [-0.15, -0.1) is 0 Å². The minimum Gasteiger partial charge on any atom is -0.310 e. The molecule has 0 aromatic heterocycles. The topological polar surface area (TPSA) is 12.0 Å². The second kappa shape index (κ2) is 7.38. The lowest BCUT2D eigenvalue weighted by molar-refractivity contribution is 0.497. The molecular weight excluding hydrogens is 220 g/mol. The maximum absolute atomic E-state index is 13.0. The van der Waals surface area contributed by atoms with Crippen molar-refractivity contribution < 1.29 is 8.78 Å². The van der Waals surface area contributed by atoms with Gasteiger partial charge in [-0.1, -0.05) is 32.3 Å². The summed E-state index contributed by atoms with van der Waals surface area (Å²) in [5.74, 6) is -1.56. The fourth-order valence-corrected chi connectivity index (χ4v) is 1.77. The fourth-order valence-electron chi connectivity index (χ4n) is 1.77. The van der Waals surface area contributed by atoms with Crippen LogP contribution >= 0.6 is 0 Å². The van der Waals surface area contributed by atoms with E-state index in [1.807, 2.05) is 6.92 Å². The third-order valence-corrected chi connectivity index (χ3v) is 2.92. The number of hydrogen-bond donors (Lipinski definition) is 1. The average Bonchev–Trinajstić information content (AvgIpc) is 2.32. The number of hydrogen-bond acceptors (Lipinski definition) is 1. The Hall–Kier alpha value is -0.960. The normalized spacial score (nSPS) is 12.7. The van der Waals surface area contributed by atoms with Gasteiger partial charge in [-0.25, -0.2) is 8.78 Å². The zero-order valence-corrected chi connectivity index (χ0v) is 10.6. The van der Waals surface area contributed by atoms with Crippen LogP contribution < -0.4 is 5.32 Å². The maximum Gasteiger partial charge on any atom is 0.159 e. The van der Waals surface area contributed by atoms with Crippen molar-refractivity contribution in [2.45, 2.75) is 45.6 Å². The summed E-state index contributed by atoms with van der Waals surface area (Å²) in [6.45, 7) is 5.06. The van der Waals surface area contributed by atoms with Crippen LogP contribution in [0.1, 0.15) is 51.1 Å². The predicted octanol–water partition coefficient (Wildman–Crippen LogP) is 4.20. The summed E-state index contributed by atoms with van der Waals surface area (Å²) in [6.07, 6.45) is 4.82. The highest BCUT2D eigenvalue weighted by molar-refractivity contribution is 5.20. The van der Waals surface area contributed by atoms with E-state index in [1.165, 1.54) is 31.4 Å². The molecule has 1 aromatic carbocycles. The lowest BCUT2D eigenvalue weighted by Crippen LogP contribution is -2.20. The smallest absolute Gasteiger partial charge is 0.159 e. The molecule has 0 bridgehead atoms. The van der Waals surface area contributed by atoms with Crippen LogP contribution in [-0.4, -0.2) is 6.54 Å². The molecule has 0 radical (unpaired) electrons. The van der Waals surface area contributed by atoms with Gasteiger partial charge in [-0.05, 0) is 37.6 Å². The molecule has 1 aromatic rings. The first-order valence-corrected chi connectivity index (χ1v) is 6.33. The van der Waals surface area contributed by atoms with Crippen molar-refractivity contribution in [3.8, 4) is 0 Å². The molecule has 1 nitrogen and oxygen atoms in total. The first-order valence-electron chi connectivity index (χ1n) is 6.33. The van der Waals surface area contributed by atoms with Crippen LogP contribution in [0.5, 0.6) is 0 Å². The molecule has 0 aliphatic rings. The molecule has 0 heterocycles. The lowest BCUT2D eigenvalue weighted by Gasteiger charge is -2.14. The second-order valence-corrected chi connectivity index (χ2v) is 4.41. The highest BCUT2D eigenvalue weighted by Crippen LogP contribution is 2.15. The van der Waals surface area contributed by atoms with Gasteiger partial charge in [0.2, 0.25) is 0 Å². The summed E-state index contributed by atoms with van der Waals surface area (Å²) >= 11 is 0. The average molecular weight is 241 g/mol. The van der Waals surface area contributed by atoms with Crippen LogP contribution in [0.4, 0.5) is 8.78 Å². The summed E-state index contributed by atoms with van der Waals surface area (Å²) in [5.41, 5.74) is 0.791. The molecular formula is C14H21F2N. The predicted molar refractivity (Wildman–Crippen MR) is 66.9 cm³/mol. The molecule has 3 heteroatoms. The Labute approximate surface area is 102 Å². The molecule has 1 unspecified atom stereocenters. The second-order valence-electron chi connectivity index (χ2n) is 4.41. The lowest BCUT2D eigenvalue weighted by atomic mass is 10.1. The fraction of sp³-hybridized carbons (Fsp3) is 0.571. The molecule has 0 fully saturated rings. The standard InChI is InChI=1S/C14H21F2N/c1-3-4-5-6-9-17-11(2)12-7-8-13(15)14(16)10-12/h7-8,10-11,17H,3-6,9H2,1-2H3. The summed E-state index contributed by atoms with van der Waals surface area (Å²) in [5, 5.41) is 3.32. The molecule has 0 aliphatic carbocycles. The van der Waals surface area contributed by atoms with E-state index >= 15 is 0 Å². The molecule has 1 atom stereocenters. The third-order valence-electron chi connectivity index (χ3n) is 2.92. The summed E-state index contributed by atoms with van der Waals surface area (Å²) in [6, 6.07) is 4.13. The number of halogens is 2. The van der Waals surface area contributed by atoms with Gasteiger partial charge >= 0.3 is 0 Å². The summed E-state index contributed by atoms with van der Waals surface area (Å²) in [7, 11) is 0. The van der Waals surface area contributed by atoms with E-state index in [1.54, 1.807) is 6.07 Å². The van der Waals surface area contributed by atoms with Gasteiger partial charge in [0, 0.05) is 6.04 Å². The zero-order valence-electron chi connectivity index (χ0n) is 10.6. The van der Waals surface area contributed by atoms with E-state index in [-0.39, 0.29) is 6.04 Å². The Morgan fingerprint density at radius 1 is 1.12 bits per heavy atom. The molecule has 0 amide bonds. The maximum atomic E-state index is 13.0. The van der Waals surface area contributed by atoms with Gasteiger partial charge in [-0.3, -0.25) is 0 Å². The molecule has 96 valence electrons. The molecule has 0 saturated heterocycles. The Bertz CT molecular complexity index is 339. The van der Waals surface area contributed by atoms with Crippen LogP contribution in [0, 0.1) is 11.6 Å². The van der Waals surface area contributed by atoms with Crippen molar-refractivity contribution >= 4 is 0 Å². The Kier molecular flexibility index (Phi) is 6.12. The van der Waals surface area contributed by atoms with Gasteiger partial charge in [0.15, 0.2) is 11.6 Å². The highest BCUT2D eigenvalue weighted by Gasteiger charge is 2.08. The van der Waals surface area contributed by atoms with Gasteiger partial charge in [0.05, 0.1) is 0 Å². The highest BCUT2D eigenvalue weighted by atomic mass is 19.2. The van der Waals surface area contributed by atoms with Gasteiger partial charge in [-0.2, -0.15) is 0 Å². The van der Waals surface area contributed by atoms with Crippen LogP contribution in [-0.2, 0) is 0 Å². The summed E-state index contributed by atoms with van der Waals surface area (Å²) in [4.78, 5) is 0. The first kappa shape index (κ1) is 14.1. The Balaban J connectivity index is 2.36. The van der Waals surface area contributed by atoms with Crippen molar-refractivity contribution in [3.63, 3.8) is 0 Å². The quantitative estimate of drug-likeness (QED) is 0.706. The molecule has 17 heavy (non-hydrogen) atoms. The summed E-state index contributed by atoms with van der Waals surface area (Å²) < 4.78 is 25.8. The minimum atomic E-state index is -0.788. The van der Waals surface area contributed by atoms with Crippen molar-refractivity contribution in [3.05, 3.63) is 35.4 Å². The van der Waals surface area contributed by atoms with E-state index in [4.69, 9.17) is 0 Å². The molecule has 1 N–H and O–H groups in total. The SMILES string of the molecule is CCCCCCNC(C)c1ccc(F)c(F)c1. The Morgan fingerprint density at radius 3 is 2.53 bits per heavy atom. The molecule has 0 spiro atoms. The van der Waals surface area contributed by atoms with Gasteiger partial charge < -0.3 is 5.32 Å². The number of benzene rings is 1. The molecule has 0 saturated carbocycles. The van der Waals surface area contributed by atoms with Crippen molar-refractivity contribution in [1.29, 1.82) is 0 Å². The molecule has 1 rings (SSSR count). The number of nitrogens with one attached hydrogen (secondary N) is 1. The Morgan fingerprint density at radius 2 is 1.88 bits per heavy atom. The van der Waals surface area contributed by atoms with E-state index in [0.717, 1.165) is 18.5 Å². The first-order chi connectivity index (χ1) is 8.15. The van der Waals surface area contributed by atoms with Crippen LogP contribution in [0.3, 0.4) is 0 Å². The van der Waals surface area contributed by atoms with E-state index < -0.39 is 11.6 Å². The van der Waals surface area contributed by atoms with Crippen LogP contribution in [0.2, 0.25) is 0 Å². The van der Waals surface area contributed by atoms with Crippen LogP contribution in [0.15, 0.2) is 18.2 Å². The van der Waals surface area contributed by atoms with Crippen LogP contribution in [0.25, 0.3) is 0 Å². The third kappa shape index (κ3) is 4.82. The van der Waals surface area contributed by atoms with Gasteiger partial charge in [0.1, 0.15) is 0 Å².